The number of methoxy groups -OCH3 is 3. The minimum absolute atomic E-state index is 0.0574. The summed E-state index contributed by atoms with van der Waals surface area (Å²) in [6.07, 6.45) is 3.88. The van der Waals surface area contributed by atoms with E-state index in [-0.39, 0.29) is 41.5 Å². The maximum absolute atomic E-state index is 13.2. The van der Waals surface area contributed by atoms with Crippen molar-refractivity contribution in [1.29, 1.82) is 0 Å². The van der Waals surface area contributed by atoms with E-state index < -0.39 is 17.8 Å². The number of rotatable bonds is 16. The zero-order valence-corrected chi connectivity index (χ0v) is 22.9. The van der Waals surface area contributed by atoms with Crippen LogP contribution in [0, 0.1) is 5.92 Å². The lowest BCUT2D eigenvalue weighted by atomic mass is 9.96. The van der Waals surface area contributed by atoms with Gasteiger partial charge in [-0.05, 0) is 49.4 Å². The Morgan fingerprint density at radius 2 is 1.77 bits per heavy atom. The molecule has 0 aliphatic heterocycles. The Morgan fingerprint density at radius 3 is 2.44 bits per heavy atom. The van der Waals surface area contributed by atoms with Gasteiger partial charge >= 0.3 is 11.9 Å². The summed E-state index contributed by atoms with van der Waals surface area (Å²) in [6.45, 7) is 3.28. The molecule has 1 amide bonds. The molecule has 11 nitrogen and oxygen atoms in total. The van der Waals surface area contributed by atoms with Crippen molar-refractivity contribution in [2.75, 3.05) is 54.5 Å². The van der Waals surface area contributed by atoms with Crippen molar-refractivity contribution < 1.29 is 42.8 Å². The van der Waals surface area contributed by atoms with Crippen molar-refractivity contribution in [2.45, 2.75) is 32.6 Å². The highest BCUT2D eigenvalue weighted by molar-refractivity contribution is 6.04. The number of nitrogens with one attached hydrogen (secondary N) is 1. The van der Waals surface area contributed by atoms with Crippen LogP contribution in [0.2, 0.25) is 0 Å². The largest absolute Gasteiger partial charge is 0.493 e. The molecule has 1 aliphatic rings. The van der Waals surface area contributed by atoms with Crippen LogP contribution in [-0.4, -0.2) is 77.3 Å². The number of unbranched alkanes of at least 4 members (excludes halogenated alkanes) is 1. The molecular weight excluding hydrogens is 508 g/mol. The molecule has 212 valence electrons. The van der Waals surface area contributed by atoms with Gasteiger partial charge in [-0.1, -0.05) is 13.3 Å². The molecule has 11 heteroatoms. The fraction of sp³-hybridized carbons (Fsp3) is 0.500. The van der Waals surface area contributed by atoms with Crippen molar-refractivity contribution in [1.82, 2.24) is 10.3 Å². The summed E-state index contributed by atoms with van der Waals surface area (Å²) in [5, 5.41) is 2.83. The maximum atomic E-state index is 13.2. The quantitative estimate of drug-likeness (QED) is 0.190. The summed E-state index contributed by atoms with van der Waals surface area (Å²) in [7, 11) is 4.22. The smallest absolute Gasteiger partial charge is 0.357 e. The average molecular weight is 545 g/mol. The van der Waals surface area contributed by atoms with Crippen LogP contribution in [0.15, 0.2) is 24.3 Å². The third-order valence-electron chi connectivity index (χ3n) is 6.03. The number of benzene rings is 1. The van der Waals surface area contributed by atoms with Crippen LogP contribution in [0.4, 0.5) is 0 Å². The number of nitrogens with zero attached hydrogens (tertiary/aromatic N) is 1. The number of amides is 1. The topological polar surface area (TPSA) is 132 Å². The number of pyridine rings is 1. The maximum Gasteiger partial charge on any atom is 0.357 e. The van der Waals surface area contributed by atoms with E-state index in [9.17, 15) is 14.4 Å². The van der Waals surface area contributed by atoms with Gasteiger partial charge in [0.25, 0.3) is 5.91 Å². The second-order valence-electron chi connectivity index (χ2n) is 8.94. The Kier molecular flexibility index (Phi) is 11.5. The summed E-state index contributed by atoms with van der Waals surface area (Å²) in [5.41, 5.74) is 0.557. The number of esters is 2. The van der Waals surface area contributed by atoms with Crippen molar-refractivity contribution in [3.05, 3.63) is 41.2 Å². The average Bonchev–Trinajstić information content (AvgIpc) is 3.79. The molecular formula is C28H36N2O9. The molecule has 1 aromatic carbocycles. The molecule has 0 radical (unpaired) electrons. The number of carbonyl (C=O) groups is 3. The third kappa shape index (κ3) is 8.39. The highest BCUT2D eigenvalue weighted by Crippen LogP contribution is 2.38. The second kappa shape index (κ2) is 15.0. The predicted molar refractivity (Wildman–Crippen MR) is 141 cm³/mol. The SMILES string of the molecule is CCCCOc1cc(C(=O)OCOCCOC)c(-c2ccc(C(=O)NCC3CC3)nc2C(=O)OC)cc1OC. The number of hydrogen-bond donors (Lipinski definition) is 1. The molecule has 1 N–H and O–H groups in total. The Morgan fingerprint density at radius 1 is 0.974 bits per heavy atom. The summed E-state index contributed by atoms with van der Waals surface area (Å²) in [6, 6.07) is 6.10. The van der Waals surface area contributed by atoms with Gasteiger partial charge in [-0.25, -0.2) is 14.6 Å². The molecule has 3 rings (SSSR count). The Bertz CT molecular complexity index is 1150. The first-order chi connectivity index (χ1) is 18.9. The Balaban J connectivity index is 2.02. The van der Waals surface area contributed by atoms with Gasteiger partial charge in [0.15, 0.2) is 24.0 Å². The van der Waals surface area contributed by atoms with Gasteiger partial charge in [-0.3, -0.25) is 4.79 Å². The minimum Gasteiger partial charge on any atom is -0.493 e. The fourth-order valence-electron chi connectivity index (χ4n) is 3.63. The van der Waals surface area contributed by atoms with Gasteiger partial charge in [-0.15, -0.1) is 0 Å². The molecule has 1 saturated carbocycles. The number of hydrogen-bond acceptors (Lipinski definition) is 10. The Labute approximate surface area is 228 Å². The van der Waals surface area contributed by atoms with Crippen molar-refractivity contribution in [3.8, 4) is 22.6 Å². The molecule has 0 atom stereocenters. The van der Waals surface area contributed by atoms with Crippen LogP contribution in [-0.2, 0) is 18.9 Å². The van der Waals surface area contributed by atoms with Crippen LogP contribution in [0.25, 0.3) is 11.1 Å². The van der Waals surface area contributed by atoms with Crippen molar-refractivity contribution in [2.24, 2.45) is 5.92 Å². The van der Waals surface area contributed by atoms with Crippen LogP contribution >= 0.6 is 0 Å². The lowest BCUT2D eigenvalue weighted by Crippen LogP contribution is -2.27. The van der Waals surface area contributed by atoms with E-state index >= 15 is 0 Å². The zero-order chi connectivity index (χ0) is 28.2. The van der Waals surface area contributed by atoms with Gasteiger partial charge in [-0.2, -0.15) is 0 Å². The molecule has 2 aromatic rings. The first-order valence-corrected chi connectivity index (χ1v) is 12.9. The van der Waals surface area contributed by atoms with E-state index in [0.717, 1.165) is 25.7 Å². The first kappa shape index (κ1) is 29.9. The fourth-order valence-corrected chi connectivity index (χ4v) is 3.63. The van der Waals surface area contributed by atoms with Crippen LogP contribution in [0.5, 0.6) is 11.5 Å². The van der Waals surface area contributed by atoms with Gasteiger partial charge < -0.3 is 33.7 Å². The van der Waals surface area contributed by atoms with Gasteiger partial charge in [0.2, 0.25) is 0 Å². The first-order valence-electron chi connectivity index (χ1n) is 12.9. The summed E-state index contributed by atoms with van der Waals surface area (Å²) in [4.78, 5) is 43.0. The number of ether oxygens (including phenoxy) is 6. The molecule has 1 aliphatic carbocycles. The Hall–Kier alpha value is -3.70. The van der Waals surface area contributed by atoms with E-state index in [1.54, 1.807) is 12.1 Å². The monoisotopic (exact) mass is 544 g/mol. The van der Waals surface area contributed by atoms with Crippen molar-refractivity contribution in [3.63, 3.8) is 0 Å². The van der Waals surface area contributed by atoms with E-state index in [4.69, 9.17) is 28.4 Å². The van der Waals surface area contributed by atoms with Crippen LogP contribution < -0.4 is 14.8 Å². The molecule has 0 bridgehead atoms. The van der Waals surface area contributed by atoms with Crippen molar-refractivity contribution >= 4 is 17.8 Å². The van der Waals surface area contributed by atoms with Gasteiger partial charge in [0, 0.05) is 24.8 Å². The standard InChI is InChI=1S/C28H36N2O9/c1-5-6-11-38-24-15-21(27(32)39-17-37-13-12-34-2)20(14-23(24)35-3)19-9-10-22(30-25(19)28(33)36-4)26(31)29-16-18-7-8-18/h9-10,14-15,18H,5-8,11-13,16-17H2,1-4H3,(H,29,31). The summed E-state index contributed by atoms with van der Waals surface area (Å²) < 4.78 is 31.9. The normalized spacial score (nSPS) is 12.5. The molecule has 1 fully saturated rings. The van der Waals surface area contributed by atoms with E-state index in [2.05, 4.69) is 10.3 Å². The predicted octanol–water partition coefficient (Wildman–Crippen LogP) is 3.64. The zero-order valence-electron chi connectivity index (χ0n) is 22.9. The second-order valence-corrected chi connectivity index (χ2v) is 8.94. The number of aromatic nitrogens is 1. The third-order valence-corrected chi connectivity index (χ3v) is 6.03. The van der Waals surface area contributed by atoms with Gasteiger partial charge in [0.1, 0.15) is 5.69 Å². The van der Waals surface area contributed by atoms with E-state index in [1.807, 2.05) is 6.92 Å². The highest BCUT2D eigenvalue weighted by atomic mass is 16.7. The summed E-state index contributed by atoms with van der Waals surface area (Å²) in [5.74, 6) is -0.727. The van der Waals surface area contributed by atoms with E-state index in [0.29, 0.717) is 37.2 Å². The molecule has 0 spiro atoms. The summed E-state index contributed by atoms with van der Waals surface area (Å²) >= 11 is 0. The van der Waals surface area contributed by atoms with Crippen LogP contribution in [0.1, 0.15) is 63.9 Å². The van der Waals surface area contributed by atoms with E-state index in [1.165, 1.54) is 33.5 Å². The minimum atomic E-state index is -0.772. The molecule has 1 aromatic heterocycles. The molecule has 39 heavy (non-hydrogen) atoms. The molecule has 0 saturated heterocycles. The van der Waals surface area contributed by atoms with Crippen LogP contribution in [0.3, 0.4) is 0 Å². The molecule has 0 unspecified atom stereocenters. The number of carbonyl (C=O) groups excluding carboxylic acids is 3. The lowest BCUT2D eigenvalue weighted by molar-refractivity contribution is -0.0435. The lowest BCUT2D eigenvalue weighted by Gasteiger charge is -2.17. The van der Waals surface area contributed by atoms with Gasteiger partial charge in [0.05, 0.1) is 39.6 Å². The molecule has 1 heterocycles. The highest BCUT2D eigenvalue weighted by Gasteiger charge is 2.27.